The fraction of sp³-hybridized carbons (Fsp3) is 0.167. The predicted molar refractivity (Wildman–Crippen MR) is 96.9 cm³/mol. The first-order valence-electron chi connectivity index (χ1n) is 7.66. The van der Waals surface area contributed by atoms with Gasteiger partial charge in [0.25, 0.3) is 11.6 Å². The highest BCUT2D eigenvalue weighted by molar-refractivity contribution is 7.21. The Kier molecular flexibility index (Phi) is 4.57. The number of nitro groups is 1. The van der Waals surface area contributed by atoms with Crippen molar-refractivity contribution in [3.63, 3.8) is 0 Å². The Balaban J connectivity index is 1.95. The van der Waals surface area contributed by atoms with Gasteiger partial charge in [0, 0.05) is 22.5 Å². The molecule has 1 heterocycles. The van der Waals surface area contributed by atoms with Gasteiger partial charge in [-0.15, -0.1) is 11.3 Å². The minimum Gasteiger partial charge on any atom is -0.321 e. The molecular formula is C18H16N2O3S. The number of nitrogens with one attached hydrogen (secondary N) is 1. The van der Waals surface area contributed by atoms with Crippen LogP contribution in [-0.2, 0) is 6.42 Å². The van der Waals surface area contributed by atoms with Crippen molar-refractivity contribution in [2.24, 2.45) is 0 Å². The summed E-state index contributed by atoms with van der Waals surface area (Å²) < 4.78 is 1.07. The Hall–Kier alpha value is -2.73. The van der Waals surface area contributed by atoms with Gasteiger partial charge >= 0.3 is 0 Å². The number of benzene rings is 2. The fourth-order valence-electron chi connectivity index (χ4n) is 2.67. The number of fused-ring (bicyclic) bond motifs is 1. The molecular weight excluding hydrogens is 324 g/mol. The smallest absolute Gasteiger partial charge is 0.271 e. The van der Waals surface area contributed by atoms with Crippen LogP contribution in [0, 0.1) is 10.1 Å². The molecule has 1 N–H and O–H groups in total. The number of carbonyl (C=O) groups excluding carboxylic acids is 1. The maximum Gasteiger partial charge on any atom is 0.271 e. The van der Waals surface area contributed by atoms with E-state index >= 15 is 0 Å². The molecule has 0 spiro atoms. The Morgan fingerprint density at radius 1 is 1.21 bits per heavy atom. The average Bonchev–Trinajstić information content (AvgIpc) is 2.94. The van der Waals surface area contributed by atoms with E-state index in [2.05, 4.69) is 12.2 Å². The molecule has 0 radical (unpaired) electrons. The third kappa shape index (κ3) is 3.14. The lowest BCUT2D eigenvalue weighted by Crippen LogP contribution is -2.12. The van der Waals surface area contributed by atoms with E-state index < -0.39 is 4.92 Å². The van der Waals surface area contributed by atoms with Crippen molar-refractivity contribution in [2.45, 2.75) is 19.8 Å². The summed E-state index contributed by atoms with van der Waals surface area (Å²) in [5.74, 6) is -0.222. The van der Waals surface area contributed by atoms with Gasteiger partial charge in [0.2, 0.25) is 0 Å². The zero-order valence-electron chi connectivity index (χ0n) is 13.1. The molecule has 1 aromatic heterocycles. The van der Waals surface area contributed by atoms with Gasteiger partial charge in [-0.3, -0.25) is 14.9 Å². The molecule has 3 rings (SSSR count). The summed E-state index contributed by atoms with van der Waals surface area (Å²) in [7, 11) is 0. The molecule has 24 heavy (non-hydrogen) atoms. The number of thiophene rings is 1. The van der Waals surface area contributed by atoms with Gasteiger partial charge in [0.1, 0.15) is 0 Å². The molecule has 0 atom stereocenters. The van der Waals surface area contributed by atoms with Crippen molar-refractivity contribution >= 4 is 38.7 Å². The molecule has 0 aliphatic heterocycles. The summed E-state index contributed by atoms with van der Waals surface area (Å²) in [5.41, 5.74) is 1.42. The summed E-state index contributed by atoms with van der Waals surface area (Å²) >= 11 is 1.46. The van der Waals surface area contributed by atoms with E-state index in [4.69, 9.17) is 0 Å². The molecule has 2 aromatic carbocycles. The third-order valence-corrected chi connectivity index (χ3v) is 4.93. The topological polar surface area (TPSA) is 72.2 Å². The van der Waals surface area contributed by atoms with Crippen molar-refractivity contribution in [1.29, 1.82) is 0 Å². The summed E-state index contributed by atoms with van der Waals surface area (Å²) in [4.78, 5) is 23.7. The van der Waals surface area contributed by atoms with Gasteiger partial charge < -0.3 is 5.32 Å². The maximum atomic E-state index is 12.7. The second-order valence-corrected chi connectivity index (χ2v) is 6.47. The second kappa shape index (κ2) is 6.80. The van der Waals surface area contributed by atoms with Crippen LogP contribution in [0.25, 0.3) is 10.1 Å². The largest absolute Gasteiger partial charge is 0.321 e. The van der Waals surface area contributed by atoms with Crippen molar-refractivity contribution in [2.75, 3.05) is 5.32 Å². The van der Waals surface area contributed by atoms with Gasteiger partial charge in [-0.05, 0) is 29.5 Å². The van der Waals surface area contributed by atoms with E-state index in [-0.39, 0.29) is 11.6 Å². The molecule has 0 aliphatic rings. The summed E-state index contributed by atoms with van der Waals surface area (Å²) in [5, 5.41) is 14.7. The van der Waals surface area contributed by atoms with Crippen molar-refractivity contribution in [3.05, 3.63) is 69.1 Å². The zero-order valence-corrected chi connectivity index (χ0v) is 13.9. The lowest BCUT2D eigenvalue weighted by atomic mass is 10.1. The molecule has 5 nitrogen and oxygen atoms in total. The summed E-state index contributed by atoms with van der Waals surface area (Å²) in [6.07, 6.45) is 1.76. The van der Waals surface area contributed by atoms with Gasteiger partial charge in [-0.25, -0.2) is 0 Å². The highest BCUT2D eigenvalue weighted by Gasteiger charge is 2.18. The molecule has 0 aliphatic carbocycles. The molecule has 122 valence electrons. The van der Waals surface area contributed by atoms with Gasteiger partial charge in [-0.2, -0.15) is 0 Å². The van der Waals surface area contributed by atoms with Gasteiger partial charge in [0.05, 0.1) is 9.80 Å². The monoisotopic (exact) mass is 340 g/mol. The minimum absolute atomic E-state index is 0.0436. The number of hydrogen-bond donors (Lipinski definition) is 1. The Bertz CT molecular complexity index is 918. The number of nitrogens with zero attached hydrogens (tertiary/aromatic N) is 1. The SMILES string of the molecule is CCCc1c(C(=O)Nc2cccc([N+](=O)[O-])c2)sc2ccccc12. The summed E-state index contributed by atoms with van der Waals surface area (Å²) in [6, 6.07) is 13.9. The van der Waals surface area contributed by atoms with Crippen LogP contribution in [-0.4, -0.2) is 10.8 Å². The van der Waals surface area contributed by atoms with Gasteiger partial charge in [-0.1, -0.05) is 37.6 Å². The fourth-order valence-corrected chi connectivity index (χ4v) is 3.81. The Labute approximate surface area is 143 Å². The van der Waals surface area contributed by atoms with E-state index in [0.717, 1.165) is 28.5 Å². The van der Waals surface area contributed by atoms with E-state index in [1.165, 1.54) is 23.5 Å². The van der Waals surface area contributed by atoms with E-state index in [9.17, 15) is 14.9 Å². The normalized spacial score (nSPS) is 10.7. The number of non-ortho nitro benzene ring substituents is 1. The molecule has 1 amide bonds. The lowest BCUT2D eigenvalue weighted by Gasteiger charge is -2.06. The third-order valence-electron chi connectivity index (χ3n) is 3.72. The van der Waals surface area contributed by atoms with Crippen LogP contribution in [0.5, 0.6) is 0 Å². The van der Waals surface area contributed by atoms with Crippen LogP contribution < -0.4 is 5.32 Å². The highest BCUT2D eigenvalue weighted by Crippen LogP contribution is 2.33. The number of amides is 1. The first-order valence-corrected chi connectivity index (χ1v) is 8.48. The zero-order chi connectivity index (χ0) is 17.1. The highest BCUT2D eigenvalue weighted by atomic mass is 32.1. The number of carbonyl (C=O) groups is 1. The second-order valence-electron chi connectivity index (χ2n) is 5.42. The van der Waals surface area contributed by atoms with Crippen LogP contribution in [0.2, 0.25) is 0 Å². The first-order chi connectivity index (χ1) is 11.6. The molecule has 0 bridgehead atoms. The van der Waals surface area contributed by atoms with Crippen molar-refractivity contribution in [3.8, 4) is 0 Å². The van der Waals surface area contributed by atoms with Crippen LogP contribution in [0.1, 0.15) is 28.6 Å². The average molecular weight is 340 g/mol. The maximum absolute atomic E-state index is 12.7. The molecule has 0 fully saturated rings. The molecule has 0 saturated carbocycles. The Morgan fingerprint density at radius 3 is 2.75 bits per heavy atom. The van der Waals surface area contributed by atoms with Crippen LogP contribution in [0.15, 0.2) is 48.5 Å². The molecule has 0 unspecified atom stereocenters. The minimum atomic E-state index is -0.475. The number of anilines is 1. The van der Waals surface area contributed by atoms with Crippen molar-refractivity contribution in [1.82, 2.24) is 0 Å². The van der Waals surface area contributed by atoms with Crippen molar-refractivity contribution < 1.29 is 9.72 Å². The van der Waals surface area contributed by atoms with E-state index in [1.807, 2.05) is 24.3 Å². The van der Waals surface area contributed by atoms with E-state index in [0.29, 0.717) is 10.6 Å². The lowest BCUT2D eigenvalue weighted by molar-refractivity contribution is -0.384. The predicted octanol–water partition coefficient (Wildman–Crippen LogP) is 5.01. The summed E-state index contributed by atoms with van der Waals surface area (Å²) in [6.45, 7) is 2.08. The first kappa shape index (κ1) is 16.1. The van der Waals surface area contributed by atoms with Crippen LogP contribution >= 0.6 is 11.3 Å². The van der Waals surface area contributed by atoms with Crippen LogP contribution in [0.3, 0.4) is 0 Å². The molecule has 0 saturated heterocycles. The quantitative estimate of drug-likeness (QED) is 0.524. The number of nitro benzene ring substituents is 1. The van der Waals surface area contributed by atoms with Gasteiger partial charge in [0.15, 0.2) is 0 Å². The molecule has 3 aromatic rings. The number of rotatable bonds is 5. The standard InChI is InChI=1S/C18H16N2O3S/c1-2-6-15-14-9-3-4-10-16(14)24-17(15)18(21)19-12-7-5-8-13(11-12)20(22)23/h3-5,7-11H,2,6H2,1H3,(H,19,21). The molecule has 6 heteroatoms. The number of aryl methyl sites for hydroxylation is 1. The van der Waals surface area contributed by atoms with E-state index in [1.54, 1.807) is 12.1 Å². The Morgan fingerprint density at radius 2 is 2.00 bits per heavy atom. The van der Waals surface area contributed by atoms with Crippen LogP contribution in [0.4, 0.5) is 11.4 Å². The number of hydrogen-bond acceptors (Lipinski definition) is 4.